The molecule has 0 aliphatic carbocycles. The molecular weight excluding hydrogens is 326 g/mol. The van der Waals surface area contributed by atoms with Crippen molar-refractivity contribution >= 4 is 34.8 Å². The van der Waals surface area contributed by atoms with E-state index in [-0.39, 0.29) is 11.9 Å². The number of carbonyl (C=O) groups excluding carboxylic acids is 2. The highest BCUT2D eigenvalue weighted by Crippen LogP contribution is 2.23. The number of anilines is 2. The molecule has 0 saturated carbocycles. The second kappa shape index (κ2) is 6.87. The number of nitrogens with one attached hydrogen (secondary N) is 3. The Morgan fingerprint density at radius 2 is 1.80 bits per heavy atom. The third-order valence-electron chi connectivity index (χ3n) is 3.12. The third kappa shape index (κ3) is 4.02. The summed E-state index contributed by atoms with van der Waals surface area (Å²) in [5.74, 6) is 0.988. The van der Waals surface area contributed by atoms with Gasteiger partial charge in [-0.2, -0.15) is 9.97 Å². The second-order valence-corrected chi connectivity index (χ2v) is 5.03. The number of fused-ring (bicyclic) bond motifs is 1. The van der Waals surface area contributed by atoms with Crippen LogP contribution in [0.5, 0.6) is 11.6 Å². The number of hydrogen-bond acceptors (Lipinski definition) is 6. The van der Waals surface area contributed by atoms with Crippen molar-refractivity contribution in [3.05, 3.63) is 36.4 Å². The number of methoxy groups -OCH3 is 1. The van der Waals surface area contributed by atoms with Gasteiger partial charge in [0.2, 0.25) is 17.7 Å². The maximum Gasteiger partial charge on any atom is 0.413 e. The van der Waals surface area contributed by atoms with Crippen LogP contribution in [0, 0.1) is 0 Å². The minimum atomic E-state index is -0.630. The largest absolute Gasteiger partial charge is 0.453 e. The molecule has 9 heteroatoms. The number of imidazole rings is 1. The standard InChI is InChI=1S/C16H15N5O4/c1-9(22)17-10-3-5-11(6-4-10)25-13-8-7-12-14(19-13)20-15(18-12)21-16(23)24-2/h3-8H,1-2H3,(H,17,22)(H2,18,19,20,21,23). The molecule has 9 nitrogen and oxygen atoms in total. The number of rotatable bonds is 4. The second-order valence-electron chi connectivity index (χ2n) is 5.03. The van der Waals surface area contributed by atoms with Crippen LogP contribution in [-0.4, -0.2) is 34.1 Å². The Morgan fingerprint density at radius 3 is 2.48 bits per heavy atom. The summed E-state index contributed by atoms with van der Waals surface area (Å²) in [6.07, 6.45) is -0.630. The number of aromatic nitrogens is 3. The first-order chi connectivity index (χ1) is 12.0. The quantitative estimate of drug-likeness (QED) is 0.671. The fraction of sp³-hybridized carbons (Fsp3) is 0.125. The number of H-pyrrole nitrogens is 1. The zero-order chi connectivity index (χ0) is 17.8. The first-order valence-electron chi connectivity index (χ1n) is 7.31. The van der Waals surface area contributed by atoms with Gasteiger partial charge in [-0.1, -0.05) is 0 Å². The molecule has 3 aromatic rings. The Labute approximate surface area is 142 Å². The molecule has 1 aromatic carbocycles. The normalized spacial score (nSPS) is 10.3. The number of nitrogens with zero attached hydrogens (tertiary/aromatic N) is 2. The van der Waals surface area contributed by atoms with Crippen LogP contribution >= 0.6 is 0 Å². The van der Waals surface area contributed by atoms with E-state index in [9.17, 15) is 9.59 Å². The van der Waals surface area contributed by atoms with E-state index in [1.54, 1.807) is 36.4 Å². The lowest BCUT2D eigenvalue weighted by Gasteiger charge is -2.06. The molecule has 2 heterocycles. The summed E-state index contributed by atoms with van der Waals surface area (Å²) >= 11 is 0. The van der Waals surface area contributed by atoms with Gasteiger partial charge in [-0.05, 0) is 30.3 Å². The van der Waals surface area contributed by atoms with E-state index < -0.39 is 6.09 Å². The highest BCUT2D eigenvalue weighted by Gasteiger charge is 2.09. The molecular formula is C16H15N5O4. The third-order valence-corrected chi connectivity index (χ3v) is 3.12. The fourth-order valence-corrected chi connectivity index (χ4v) is 2.07. The Kier molecular flexibility index (Phi) is 4.46. The molecule has 0 radical (unpaired) electrons. The van der Waals surface area contributed by atoms with E-state index in [1.165, 1.54) is 14.0 Å². The maximum absolute atomic E-state index is 11.2. The zero-order valence-electron chi connectivity index (χ0n) is 13.5. The molecule has 0 bridgehead atoms. The summed E-state index contributed by atoms with van der Waals surface area (Å²) in [6, 6.07) is 10.3. The number of benzene rings is 1. The minimum absolute atomic E-state index is 0.143. The first kappa shape index (κ1) is 16.2. The zero-order valence-corrected chi connectivity index (χ0v) is 13.5. The van der Waals surface area contributed by atoms with Crippen molar-refractivity contribution in [3.8, 4) is 11.6 Å². The fourth-order valence-electron chi connectivity index (χ4n) is 2.07. The summed E-state index contributed by atoms with van der Waals surface area (Å²) in [7, 11) is 1.26. The molecule has 2 amide bonds. The van der Waals surface area contributed by atoms with Crippen LogP contribution in [0.4, 0.5) is 16.4 Å². The monoisotopic (exact) mass is 341 g/mol. The van der Waals surface area contributed by atoms with Gasteiger partial charge in [0.25, 0.3) is 0 Å². The average Bonchev–Trinajstić information content (AvgIpc) is 2.97. The van der Waals surface area contributed by atoms with Gasteiger partial charge in [-0.25, -0.2) is 4.79 Å². The molecule has 0 atom stereocenters. The van der Waals surface area contributed by atoms with Gasteiger partial charge in [0.15, 0.2) is 5.65 Å². The molecule has 2 aromatic heterocycles. The van der Waals surface area contributed by atoms with Gasteiger partial charge in [0, 0.05) is 18.7 Å². The van der Waals surface area contributed by atoms with Gasteiger partial charge in [0.1, 0.15) is 5.75 Å². The number of carbonyl (C=O) groups is 2. The van der Waals surface area contributed by atoms with Crippen LogP contribution in [0.2, 0.25) is 0 Å². The maximum atomic E-state index is 11.2. The predicted molar refractivity (Wildman–Crippen MR) is 90.7 cm³/mol. The Balaban J connectivity index is 1.75. The van der Waals surface area contributed by atoms with E-state index in [0.717, 1.165) is 0 Å². The lowest BCUT2D eigenvalue weighted by atomic mass is 10.3. The number of ether oxygens (including phenoxy) is 2. The van der Waals surface area contributed by atoms with Crippen molar-refractivity contribution < 1.29 is 19.1 Å². The van der Waals surface area contributed by atoms with Crippen molar-refractivity contribution in [1.29, 1.82) is 0 Å². The topological polar surface area (TPSA) is 118 Å². The Hall–Kier alpha value is -3.62. The van der Waals surface area contributed by atoms with Crippen molar-refractivity contribution in [2.75, 3.05) is 17.7 Å². The molecule has 0 fully saturated rings. The van der Waals surface area contributed by atoms with E-state index in [0.29, 0.717) is 28.5 Å². The smallest absolute Gasteiger partial charge is 0.413 e. The molecule has 0 saturated heterocycles. The Bertz CT molecular complexity index is 920. The molecule has 128 valence electrons. The van der Waals surface area contributed by atoms with Crippen molar-refractivity contribution in [2.45, 2.75) is 6.92 Å². The summed E-state index contributed by atoms with van der Waals surface area (Å²) in [4.78, 5) is 33.5. The van der Waals surface area contributed by atoms with Crippen molar-refractivity contribution in [1.82, 2.24) is 15.0 Å². The lowest BCUT2D eigenvalue weighted by molar-refractivity contribution is -0.114. The van der Waals surface area contributed by atoms with E-state index in [1.807, 2.05) is 0 Å². The van der Waals surface area contributed by atoms with Crippen LogP contribution in [0.15, 0.2) is 36.4 Å². The van der Waals surface area contributed by atoms with Crippen LogP contribution in [0.25, 0.3) is 11.2 Å². The van der Waals surface area contributed by atoms with Crippen molar-refractivity contribution in [2.24, 2.45) is 0 Å². The summed E-state index contributed by atoms with van der Waals surface area (Å²) in [6.45, 7) is 1.44. The van der Waals surface area contributed by atoms with E-state index >= 15 is 0 Å². The summed E-state index contributed by atoms with van der Waals surface area (Å²) in [5.41, 5.74) is 1.70. The molecule has 3 rings (SSSR count). The highest BCUT2D eigenvalue weighted by atomic mass is 16.5. The molecule has 0 unspecified atom stereocenters. The first-order valence-corrected chi connectivity index (χ1v) is 7.31. The van der Waals surface area contributed by atoms with Crippen LogP contribution in [-0.2, 0) is 9.53 Å². The van der Waals surface area contributed by atoms with Crippen LogP contribution < -0.4 is 15.4 Å². The van der Waals surface area contributed by atoms with Crippen molar-refractivity contribution in [3.63, 3.8) is 0 Å². The van der Waals surface area contributed by atoms with Gasteiger partial charge in [-0.15, -0.1) is 0 Å². The van der Waals surface area contributed by atoms with Crippen LogP contribution in [0.1, 0.15) is 6.92 Å². The van der Waals surface area contributed by atoms with Crippen LogP contribution in [0.3, 0.4) is 0 Å². The van der Waals surface area contributed by atoms with E-state index in [4.69, 9.17) is 4.74 Å². The van der Waals surface area contributed by atoms with Gasteiger partial charge < -0.3 is 19.8 Å². The number of amides is 2. The molecule has 0 aliphatic rings. The number of hydrogen-bond donors (Lipinski definition) is 3. The SMILES string of the molecule is COC(=O)Nc1nc2nc(Oc3ccc(NC(C)=O)cc3)ccc2[nH]1. The predicted octanol–water partition coefficient (Wildman–Crippen LogP) is 2.89. The van der Waals surface area contributed by atoms with E-state index in [2.05, 4.69) is 30.3 Å². The molecule has 25 heavy (non-hydrogen) atoms. The Morgan fingerprint density at radius 1 is 1.04 bits per heavy atom. The number of aromatic amines is 1. The lowest BCUT2D eigenvalue weighted by Crippen LogP contribution is -2.11. The molecule has 3 N–H and O–H groups in total. The summed E-state index contributed by atoms with van der Waals surface area (Å²) < 4.78 is 10.2. The summed E-state index contributed by atoms with van der Waals surface area (Å²) in [5, 5.41) is 5.10. The molecule has 0 spiro atoms. The average molecular weight is 341 g/mol. The van der Waals surface area contributed by atoms with Gasteiger partial charge in [0.05, 0.1) is 12.6 Å². The molecule has 0 aliphatic heterocycles. The number of pyridine rings is 1. The highest BCUT2D eigenvalue weighted by molar-refractivity contribution is 5.88. The van der Waals surface area contributed by atoms with Gasteiger partial charge >= 0.3 is 6.09 Å². The minimum Gasteiger partial charge on any atom is -0.453 e. The van der Waals surface area contributed by atoms with Gasteiger partial charge in [-0.3, -0.25) is 10.1 Å².